The molecule has 1 saturated heterocycles. The largest absolute Gasteiger partial charge is 0.379 e. The van der Waals surface area contributed by atoms with Crippen LogP contribution < -0.4 is 5.43 Å². The van der Waals surface area contributed by atoms with Crippen LogP contribution in [0.4, 0.5) is 0 Å². The molecule has 1 aromatic carbocycles. The van der Waals surface area contributed by atoms with E-state index in [4.69, 9.17) is 4.74 Å². The third-order valence-corrected chi connectivity index (χ3v) is 3.78. The Morgan fingerprint density at radius 3 is 2.71 bits per heavy atom. The van der Waals surface area contributed by atoms with Gasteiger partial charge in [-0.3, -0.25) is 14.7 Å². The number of benzene rings is 1. The molecule has 6 heteroatoms. The predicted octanol–water partition coefficient (Wildman–Crippen LogP) is 1.68. The Kier molecular flexibility index (Phi) is 5.65. The molecule has 0 atom stereocenters. The van der Waals surface area contributed by atoms with Crippen LogP contribution in [0.15, 0.2) is 53.8 Å². The summed E-state index contributed by atoms with van der Waals surface area (Å²) in [6, 6.07) is 13.1. The van der Waals surface area contributed by atoms with Gasteiger partial charge in [-0.05, 0) is 29.8 Å². The number of carbonyl (C=O) groups excluding carboxylic acids is 1. The first-order valence-electron chi connectivity index (χ1n) is 7.95. The molecule has 6 nitrogen and oxygen atoms in total. The number of nitrogens with one attached hydrogen (secondary N) is 1. The molecule has 0 radical (unpaired) electrons. The molecule has 0 unspecified atom stereocenters. The number of amides is 1. The van der Waals surface area contributed by atoms with Gasteiger partial charge in [0.1, 0.15) is 0 Å². The molecular formula is C18H20N4O2. The number of carbonyl (C=O) groups is 1. The number of pyridine rings is 1. The number of nitrogens with zero attached hydrogens (tertiary/aromatic N) is 3. The average molecular weight is 324 g/mol. The highest BCUT2D eigenvalue weighted by atomic mass is 16.5. The molecular weight excluding hydrogens is 304 g/mol. The molecule has 1 aliphatic heterocycles. The first kappa shape index (κ1) is 16.3. The van der Waals surface area contributed by atoms with E-state index in [2.05, 4.69) is 20.4 Å². The number of rotatable bonds is 5. The zero-order valence-electron chi connectivity index (χ0n) is 13.4. The van der Waals surface area contributed by atoms with E-state index in [1.54, 1.807) is 6.20 Å². The molecule has 1 aromatic heterocycles. The normalized spacial score (nSPS) is 15.5. The topological polar surface area (TPSA) is 66.8 Å². The fraction of sp³-hybridized carbons (Fsp3) is 0.278. The lowest BCUT2D eigenvalue weighted by molar-refractivity contribution is 0.0342. The van der Waals surface area contributed by atoms with Crippen molar-refractivity contribution in [2.24, 2.45) is 5.10 Å². The number of hydrogen-bond acceptors (Lipinski definition) is 5. The fourth-order valence-corrected chi connectivity index (χ4v) is 2.45. The number of hydrogen-bond donors (Lipinski definition) is 1. The van der Waals surface area contributed by atoms with Gasteiger partial charge in [-0.1, -0.05) is 18.2 Å². The van der Waals surface area contributed by atoms with Gasteiger partial charge in [-0.25, -0.2) is 5.43 Å². The van der Waals surface area contributed by atoms with Gasteiger partial charge < -0.3 is 4.74 Å². The van der Waals surface area contributed by atoms with Gasteiger partial charge in [0.2, 0.25) is 0 Å². The first-order chi connectivity index (χ1) is 11.8. The van der Waals surface area contributed by atoms with Crippen LogP contribution in [0, 0.1) is 0 Å². The van der Waals surface area contributed by atoms with Crippen LogP contribution in [-0.4, -0.2) is 48.3 Å². The van der Waals surface area contributed by atoms with E-state index in [0.717, 1.165) is 32.8 Å². The van der Waals surface area contributed by atoms with Crippen LogP contribution in [-0.2, 0) is 11.3 Å². The molecule has 1 N–H and O–H groups in total. The summed E-state index contributed by atoms with van der Waals surface area (Å²) in [5, 5.41) is 3.92. The van der Waals surface area contributed by atoms with E-state index >= 15 is 0 Å². The molecule has 1 aliphatic rings. The highest BCUT2D eigenvalue weighted by Crippen LogP contribution is 2.09. The quantitative estimate of drug-likeness (QED) is 0.671. The Balaban J connectivity index is 1.52. The first-order valence-corrected chi connectivity index (χ1v) is 7.95. The number of hydrazone groups is 1. The minimum Gasteiger partial charge on any atom is -0.379 e. The summed E-state index contributed by atoms with van der Waals surface area (Å²) in [5.41, 5.74) is 4.97. The number of ether oxygens (including phenoxy) is 1. The lowest BCUT2D eigenvalue weighted by Crippen LogP contribution is -2.35. The van der Waals surface area contributed by atoms with E-state index in [0.29, 0.717) is 11.3 Å². The van der Waals surface area contributed by atoms with Crippen molar-refractivity contribution in [2.75, 3.05) is 26.3 Å². The van der Waals surface area contributed by atoms with E-state index < -0.39 is 0 Å². The van der Waals surface area contributed by atoms with Gasteiger partial charge in [-0.2, -0.15) is 5.10 Å². The fourth-order valence-electron chi connectivity index (χ4n) is 2.45. The lowest BCUT2D eigenvalue weighted by atomic mass is 10.1. The van der Waals surface area contributed by atoms with E-state index in [-0.39, 0.29) is 5.91 Å². The second-order valence-electron chi connectivity index (χ2n) is 5.54. The Hall–Kier alpha value is -2.57. The van der Waals surface area contributed by atoms with Crippen molar-refractivity contribution in [2.45, 2.75) is 6.54 Å². The van der Waals surface area contributed by atoms with Crippen LogP contribution in [0.2, 0.25) is 0 Å². The van der Waals surface area contributed by atoms with Crippen molar-refractivity contribution >= 4 is 12.1 Å². The molecule has 0 bridgehead atoms. The van der Waals surface area contributed by atoms with Crippen molar-refractivity contribution in [3.63, 3.8) is 0 Å². The third kappa shape index (κ3) is 4.71. The van der Waals surface area contributed by atoms with Crippen molar-refractivity contribution in [3.8, 4) is 0 Å². The molecule has 2 aromatic rings. The molecule has 24 heavy (non-hydrogen) atoms. The molecule has 124 valence electrons. The maximum Gasteiger partial charge on any atom is 0.271 e. The Bertz CT molecular complexity index is 680. The maximum absolute atomic E-state index is 12.1. The molecule has 3 rings (SSSR count). The summed E-state index contributed by atoms with van der Waals surface area (Å²) < 4.78 is 5.35. The van der Waals surface area contributed by atoms with Crippen molar-refractivity contribution in [1.82, 2.24) is 15.3 Å². The monoisotopic (exact) mass is 324 g/mol. The summed E-state index contributed by atoms with van der Waals surface area (Å²) in [6.45, 7) is 4.35. The Morgan fingerprint density at radius 2 is 2.00 bits per heavy atom. The smallest absolute Gasteiger partial charge is 0.271 e. The van der Waals surface area contributed by atoms with Gasteiger partial charge in [0, 0.05) is 31.4 Å². The number of aromatic nitrogens is 1. The summed E-state index contributed by atoms with van der Waals surface area (Å²) >= 11 is 0. The van der Waals surface area contributed by atoms with E-state index in [1.165, 1.54) is 11.8 Å². The highest BCUT2D eigenvalue weighted by Gasteiger charge is 2.11. The summed E-state index contributed by atoms with van der Waals surface area (Å²) in [4.78, 5) is 18.5. The van der Waals surface area contributed by atoms with Gasteiger partial charge in [-0.15, -0.1) is 0 Å². The Morgan fingerprint density at radius 1 is 1.21 bits per heavy atom. The standard InChI is InChI=1S/C18H20N4O2/c23-18(21-20-13-17-3-1-2-8-19-17)16-6-4-15(5-7-16)14-22-9-11-24-12-10-22/h1-8,13H,9-12,14H2,(H,21,23)/b20-13+. The van der Waals surface area contributed by atoms with Crippen molar-refractivity contribution in [1.29, 1.82) is 0 Å². The third-order valence-electron chi connectivity index (χ3n) is 3.78. The molecule has 0 spiro atoms. The molecule has 1 fully saturated rings. The molecule has 0 aliphatic carbocycles. The lowest BCUT2D eigenvalue weighted by Gasteiger charge is -2.26. The number of morpholine rings is 1. The zero-order chi connectivity index (χ0) is 16.6. The van der Waals surface area contributed by atoms with Gasteiger partial charge in [0.05, 0.1) is 25.1 Å². The average Bonchev–Trinajstić information content (AvgIpc) is 2.64. The molecule has 1 amide bonds. The van der Waals surface area contributed by atoms with Crippen molar-refractivity contribution < 1.29 is 9.53 Å². The maximum atomic E-state index is 12.1. The van der Waals surface area contributed by atoms with Crippen LogP contribution in [0.5, 0.6) is 0 Å². The van der Waals surface area contributed by atoms with Crippen LogP contribution in [0.25, 0.3) is 0 Å². The zero-order valence-corrected chi connectivity index (χ0v) is 13.4. The summed E-state index contributed by atoms with van der Waals surface area (Å²) in [7, 11) is 0. The second-order valence-corrected chi connectivity index (χ2v) is 5.54. The van der Waals surface area contributed by atoms with Crippen LogP contribution in [0.1, 0.15) is 21.6 Å². The van der Waals surface area contributed by atoms with Gasteiger partial charge in [0.15, 0.2) is 0 Å². The minimum absolute atomic E-state index is 0.236. The van der Waals surface area contributed by atoms with Gasteiger partial charge in [0.25, 0.3) is 5.91 Å². The van der Waals surface area contributed by atoms with E-state index in [9.17, 15) is 4.79 Å². The second kappa shape index (κ2) is 8.33. The van der Waals surface area contributed by atoms with Crippen LogP contribution >= 0.6 is 0 Å². The van der Waals surface area contributed by atoms with Crippen molar-refractivity contribution in [3.05, 3.63) is 65.5 Å². The molecule has 0 saturated carbocycles. The SMILES string of the molecule is O=C(N/N=C/c1ccccn1)c1ccc(CN2CCOCC2)cc1. The summed E-state index contributed by atoms with van der Waals surface area (Å²) in [5.74, 6) is -0.236. The summed E-state index contributed by atoms with van der Waals surface area (Å²) in [6.07, 6.45) is 3.20. The Labute approximate surface area is 141 Å². The van der Waals surface area contributed by atoms with E-state index in [1.807, 2.05) is 42.5 Å². The minimum atomic E-state index is -0.236. The van der Waals surface area contributed by atoms with Gasteiger partial charge >= 0.3 is 0 Å². The highest BCUT2D eigenvalue weighted by molar-refractivity contribution is 5.94. The predicted molar refractivity (Wildman–Crippen MR) is 91.8 cm³/mol. The molecule has 2 heterocycles. The van der Waals surface area contributed by atoms with Crippen LogP contribution in [0.3, 0.4) is 0 Å².